The Hall–Kier alpha value is -1.45. The smallest absolute Gasteiger partial charge is 0.310 e. The molecule has 0 fully saturated rings. The summed E-state index contributed by atoms with van der Waals surface area (Å²) in [6, 6.07) is 0. The summed E-state index contributed by atoms with van der Waals surface area (Å²) in [4.78, 5) is 19.0. The average Bonchev–Trinajstić information content (AvgIpc) is 2.02. The van der Waals surface area contributed by atoms with Gasteiger partial charge in [-0.1, -0.05) is 0 Å². The van der Waals surface area contributed by atoms with E-state index in [-0.39, 0.29) is 12.4 Å². The highest BCUT2D eigenvalue weighted by Crippen LogP contribution is 2.08. The lowest BCUT2D eigenvalue weighted by Crippen LogP contribution is -2.24. The molecule has 1 aromatic heterocycles. The molecular weight excluding hydrogens is 180 g/mol. The maximum Gasteiger partial charge on any atom is 0.310 e. The molecule has 0 saturated heterocycles. The van der Waals surface area contributed by atoms with Crippen molar-refractivity contribution in [3.63, 3.8) is 0 Å². The number of nitrogens with zero attached hydrogens (tertiary/aromatic N) is 2. The van der Waals surface area contributed by atoms with Gasteiger partial charge in [0.15, 0.2) is 0 Å². The highest BCUT2D eigenvalue weighted by Gasteiger charge is 2.16. The maximum atomic E-state index is 11.4. The van der Waals surface area contributed by atoms with Crippen LogP contribution >= 0.6 is 0 Å². The topological polar surface area (TPSA) is 52.1 Å². The zero-order valence-electron chi connectivity index (χ0n) is 8.65. The second-order valence-corrected chi connectivity index (χ2v) is 4.01. The summed E-state index contributed by atoms with van der Waals surface area (Å²) in [5.41, 5.74) is 0.328. The van der Waals surface area contributed by atoms with Crippen molar-refractivity contribution in [2.24, 2.45) is 0 Å². The van der Waals surface area contributed by atoms with Crippen LogP contribution in [0.2, 0.25) is 0 Å². The molecule has 0 spiro atoms. The lowest BCUT2D eigenvalue weighted by atomic mass is 10.2. The predicted molar refractivity (Wildman–Crippen MR) is 51.6 cm³/mol. The first-order chi connectivity index (χ1) is 6.47. The fourth-order valence-electron chi connectivity index (χ4n) is 0.966. The van der Waals surface area contributed by atoms with Crippen molar-refractivity contribution < 1.29 is 9.53 Å². The van der Waals surface area contributed by atoms with Crippen LogP contribution in [0.25, 0.3) is 0 Å². The van der Waals surface area contributed by atoms with Crippen LogP contribution in [0.1, 0.15) is 26.3 Å². The largest absolute Gasteiger partial charge is 0.460 e. The van der Waals surface area contributed by atoms with E-state index < -0.39 is 5.60 Å². The van der Waals surface area contributed by atoms with Gasteiger partial charge < -0.3 is 4.74 Å². The van der Waals surface area contributed by atoms with Crippen LogP contribution in [0.3, 0.4) is 0 Å². The summed E-state index contributed by atoms with van der Waals surface area (Å²) in [5, 5.41) is 0. The minimum absolute atomic E-state index is 0.220. The van der Waals surface area contributed by atoms with E-state index in [0.717, 1.165) is 5.56 Å². The monoisotopic (exact) mass is 194 g/mol. The fraction of sp³-hybridized carbons (Fsp3) is 0.500. The molecule has 0 N–H and O–H groups in total. The maximum absolute atomic E-state index is 11.4. The summed E-state index contributed by atoms with van der Waals surface area (Å²) >= 11 is 0. The molecule has 14 heavy (non-hydrogen) atoms. The standard InChI is InChI=1S/C10H14N2O2/c1-10(2,3)14-9(13)4-8-5-11-7-12-6-8/h5-7H,4H2,1-3H3. The van der Waals surface area contributed by atoms with E-state index in [4.69, 9.17) is 4.74 Å². The molecule has 0 aromatic carbocycles. The van der Waals surface area contributed by atoms with Crippen LogP contribution in [0.15, 0.2) is 18.7 Å². The van der Waals surface area contributed by atoms with Crippen LogP contribution < -0.4 is 0 Å². The van der Waals surface area contributed by atoms with Gasteiger partial charge in [0.2, 0.25) is 0 Å². The number of carbonyl (C=O) groups excluding carboxylic acids is 1. The Kier molecular flexibility index (Phi) is 3.17. The molecule has 76 valence electrons. The molecule has 4 heteroatoms. The first-order valence-corrected chi connectivity index (χ1v) is 4.43. The Balaban J connectivity index is 2.50. The highest BCUT2D eigenvalue weighted by atomic mass is 16.6. The molecule has 0 bridgehead atoms. The molecule has 1 heterocycles. The second kappa shape index (κ2) is 4.17. The molecule has 0 saturated carbocycles. The molecule has 0 aliphatic carbocycles. The Bertz CT molecular complexity index is 304. The third-order valence-electron chi connectivity index (χ3n) is 1.38. The van der Waals surface area contributed by atoms with E-state index in [1.165, 1.54) is 6.33 Å². The minimum atomic E-state index is -0.438. The van der Waals surface area contributed by atoms with Gasteiger partial charge in [-0.3, -0.25) is 4.79 Å². The van der Waals surface area contributed by atoms with Crippen molar-refractivity contribution in [3.8, 4) is 0 Å². The predicted octanol–water partition coefficient (Wildman–Crippen LogP) is 1.36. The van der Waals surface area contributed by atoms with Crippen molar-refractivity contribution in [2.45, 2.75) is 32.8 Å². The summed E-state index contributed by atoms with van der Waals surface area (Å²) in [6.07, 6.45) is 4.87. The van der Waals surface area contributed by atoms with Crippen LogP contribution in [0.4, 0.5) is 0 Å². The van der Waals surface area contributed by atoms with E-state index in [9.17, 15) is 4.79 Å². The van der Waals surface area contributed by atoms with Crippen molar-refractivity contribution in [1.82, 2.24) is 9.97 Å². The number of hydrogen-bond donors (Lipinski definition) is 0. The van der Waals surface area contributed by atoms with Crippen LogP contribution in [0, 0.1) is 0 Å². The molecule has 0 radical (unpaired) electrons. The zero-order valence-corrected chi connectivity index (χ0v) is 8.65. The van der Waals surface area contributed by atoms with Gasteiger partial charge in [-0.25, -0.2) is 9.97 Å². The zero-order chi connectivity index (χ0) is 10.6. The van der Waals surface area contributed by atoms with Crippen LogP contribution in [-0.4, -0.2) is 21.5 Å². The Morgan fingerprint density at radius 2 is 1.93 bits per heavy atom. The van der Waals surface area contributed by atoms with E-state index >= 15 is 0 Å². The van der Waals surface area contributed by atoms with E-state index in [1.54, 1.807) is 12.4 Å². The lowest BCUT2D eigenvalue weighted by Gasteiger charge is -2.19. The van der Waals surface area contributed by atoms with Gasteiger partial charge in [0.1, 0.15) is 11.9 Å². The van der Waals surface area contributed by atoms with Crippen LogP contribution in [0.5, 0.6) is 0 Å². The molecule has 4 nitrogen and oxygen atoms in total. The summed E-state index contributed by atoms with van der Waals surface area (Å²) in [7, 11) is 0. The molecule has 0 amide bonds. The lowest BCUT2D eigenvalue weighted by molar-refractivity contribution is -0.153. The van der Waals surface area contributed by atoms with Gasteiger partial charge >= 0.3 is 5.97 Å². The van der Waals surface area contributed by atoms with Gasteiger partial charge in [0.25, 0.3) is 0 Å². The van der Waals surface area contributed by atoms with Gasteiger partial charge in [0, 0.05) is 12.4 Å². The first kappa shape index (κ1) is 10.6. The SMILES string of the molecule is CC(C)(C)OC(=O)Cc1cncnc1. The average molecular weight is 194 g/mol. The Labute approximate surface area is 83.3 Å². The molecule has 0 unspecified atom stereocenters. The fourth-order valence-corrected chi connectivity index (χ4v) is 0.966. The summed E-state index contributed by atoms with van der Waals surface area (Å²) < 4.78 is 5.15. The highest BCUT2D eigenvalue weighted by molar-refractivity contribution is 5.72. The summed E-state index contributed by atoms with van der Waals surface area (Å²) in [5.74, 6) is -0.257. The van der Waals surface area contributed by atoms with Gasteiger partial charge in [-0.05, 0) is 26.3 Å². The number of esters is 1. The van der Waals surface area contributed by atoms with E-state index in [1.807, 2.05) is 20.8 Å². The van der Waals surface area contributed by atoms with Crippen LogP contribution in [-0.2, 0) is 16.0 Å². The molecular formula is C10H14N2O2. The first-order valence-electron chi connectivity index (χ1n) is 4.43. The van der Waals surface area contributed by atoms with Gasteiger partial charge in [-0.15, -0.1) is 0 Å². The Morgan fingerprint density at radius 1 is 1.36 bits per heavy atom. The number of ether oxygens (including phenoxy) is 1. The number of hydrogen-bond acceptors (Lipinski definition) is 4. The number of rotatable bonds is 2. The Morgan fingerprint density at radius 3 is 2.43 bits per heavy atom. The van der Waals surface area contributed by atoms with Crippen molar-refractivity contribution in [3.05, 3.63) is 24.3 Å². The quantitative estimate of drug-likeness (QED) is 0.667. The van der Waals surface area contributed by atoms with Crippen molar-refractivity contribution in [1.29, 1.82) is 0 Å². The second-order valence-electron chi connectivity index (χ2n) is 4.01. The third-order valence-corrected chi connectivity index (χ3v) is 1.38. The molecule has 1 aromatic rings. The van der Waals surface area contributed by atoms with Gasteiger partial charge in [0.05, 0.1) is 6.42 Å². The van der Waals surface area contributed by atoms with E-state index in [2.05, 4.69) is 9.97 Å². The van der Waals surface area contributed by atoms with Crippen molar-refractivity contribution >= 4 is 5.97 Å². The van der Waals surface area contributed by atoms with Crippen molar-refractivity contribution in [2.75, 3.05) is 0 Å². The molecule has 1 rings (SSSR count). The molecule has 0 atom stereocenters. The normalized spacial score (nSPS) is 11.1. The number of aromatic nitrogens is 2. The third kappa shape index (κ3) is 3.98. The summed E-state index contributed by atoms with van der Waals surface area (Å²) in [6.45, 7) is 5.52. The van der Waals surface area contributed by atoms with Gasteiger partial charge in [-0.2, -0.15) is 0 Å². The number of carbonyl (C=O) groups is 1. The minimum Gasteiger partial charge on any atom is -0.460 e. The molecule has 0 aliphatic heterocycles. The van der Waals surface area contributed by atoms with E-state index in [0.29, 0.717) is 0 Å². The molecule has 0 aliphatic rings.